The van der Waals surface area contributed by atoms with Crippen molar-refractivity contribution >= 4 is 34.8 Å². The van der Waals surface area contributed by atoms with Crippen molar-refractivity contribution < 1.29 is 18.7 Å². The number of fused-ring (bicyclic) bond motifs is 1. The summed E-state index contributed by atoms with van der Waals surface area (Å²) in [6.45, 7) is 0.836. The van der Waals surface area contributed by atoms with E-state index in [0.717, 1.165) is 24.8 Å². The van der Waals surface area contributed by atoms with Gasteiger partial charge in [-0.25, -0.2) is 4.39 Å². The number of amides is 2. The van der Waals surface area contributed by atoms with Crippen molar-refractivity contribution in [1.82, 2.24) is 9.80 Å². The maximum Gasteiger partial charge on any atom is 0.254 e. The van der Waals surface area contributed by atoms with Crippen molar-refractivity contribution in [2.24, 2.45) is 0 Å². The van der Waals surface area contributed by atoms with Crippen molar-refractivity contribution in [3.63, 3.8) is 0 Å². The molecule has 1 fully saturated rings. The Kier molecular flexibility index (Phi) is 6.57. The van der Waals surface area contributed by atoms with Crippen LogP contribution in [0, 0.1) is 5.82 Å². The minimum absolute atomic E-state index is 0.0185. The molecule has 0 radical (unpaired) electrons. The fraction of sp³-hybridized carbons (Fsp3) is 0.308. The Morgan fingerprint density at radius 3 is 2.68 bits per heavy atom. The van der Waals surface area contributed by atoms with Crippen LogP contribution < -0.4 is 4.74 Å². The van der Waals surface area contributed by atoms with E-state index in [1.54, 1.807) is 46.6 Å². The van der Waals surface area contributed by atoms with Gasteiger partial charge in [0.25, 0.3) is 5.91 Å². The molecule has 34 heavy (non-hydrogen) atoms. The van der Waals surface area contributed by atoms with Crippen LogP contribution in [-0.4, -0.2) is 47.4 Å². The minimum Gasteiger partial charge on any atom is -0.491 e. The molecule has 2 aliphatic rings. The average molecular weight is 499 g/mol. The number of rotatable bonds is 7. The van der Waals surface area contributed by atoms with Crippen LogP contribution in [0.5, 0.6) is 5.75 Å². The largest absolute Gasteiger partial charge is 0.491 e. The number of carbonyl (C=O) groups is 2. The Morgan fingerprint density at radius 1 is 1.15 bits per heavy atom. The van der Waals surface area contributed by atoms with Gasteiger partial charge in [-0.1, -0.05) is 17.7 Å². The predicted molar refractivity (Wildman–Crippen MR) is 130 cm³/mol. The van der Waals surface area contributed by atoms with E-state index in [-0.39, 0.29) is 36.0 Å². The number of hydrogen-bond donors (Lipinski definition) is 0. The van der Waals surface area contributed by atoms with Crippen LogP contribution in [0.1, 0.15) is 39.7 Å². The summed E-state index contributed by atoms with van der Waals surface area (Å²) in [5, 5.41) is 2.67. The zero-order valence-corrected chi connectivity index (χ0v) is 20.0. The van der Waals surface area contributed by atoms with Gasteiger partial charge < -0.3 is 14.5 Å². The highest BCUT2D eigenvalue weighted by atomic mass is 35.5. The molecule has 3 aromatic rings. The monoisotopic (exact) mass is 498 g/mol. The maximum absolute atomic E-state index is 13.7. The Balaban J connectivity index is 1.34. The second-order valence-corrected chi connectivity index (χ2v) is 10.0. The van der Waals surface area contributed by atoms with Crippen molar-refractivity contribution in [1.29, 1.82) is 0 Å². The average Bonchev–Trinajstić information content (AvgIpc) is 3.57. The number of thiophene rings is 1. The second-order valence-electron chi connectivity index (χ2n) is 8.59. The molecule has 1 atom stereocenters. The van der Waals surface area contributed by atoms with Crippen LogP contribution in [0.4, 0.5) is 4.39 Å². The molecule has 5 nitrogen and oxygen atoms in total. The lowest BCUT2D eigenvalue weighted by molar-refractivity contribution is -0.135. The van der Waals surface area contributed by atoms with E-state index in [1.807, 2.05) is 16.3 Å². The second kappa shape index (κ2) is 9.76. The zero-order valence-electron chi connectivity index (χ0n) is 18.5. The molecule has 1 saturated carbocycles. The quantitative estimate of drug-likeness (QED) is 0.441. The lowest BCUT2D eigenvalue weighted by Crippen LogP contribution is -2.48. The summed E-state index contributed by atoms with van der Waals surface area (Å²) in [5.74, 6) is -0.218. The predicted octanol–water partition coefficient (Wildman–Crippen LogP) is 5.35. The summed E-state index contributed by atoms with van der Waals surface area (Å²) in [6.07, 6.45) is 2.48. The third kappa shape index (κ3) is 4.95. The molecular weight excluding hydrogens is 475 g/mol. The van der Waals surface area contributed by atoms with Gasteiger partial charge in [-0.3, -0.25) is 9.59 Å². The molecule has 0 bridgehead atoms. The number of benzene rings is 2. The Bertz CT molecular complexity index is 1190. The Hall–Kier alpha value is -2.90. The van der Waals surface area contributed by atoms with Gasteiger partial charge in [-0.2, -0.15) is 0 Å². The summed E-state index contributed by atoms with van der Waals surface area (Å²) >= 11 is 7.66. The van der Waals surface area contributed by atoms with Crippen LogP contribution in [0.15, 0.2) is 60.0 Å². The molecule has 1 aliphatic carbocycles. The number of hydrogen-bond acceptors (Lipinski definition) is 4. The lowest BCUT2D eigenvalue weighted by Gasteiger charge is -2.37. The first kappa shape index (κ1) is 22.9. The van der Waals surface area contributed by atoms with E-state index in [4.69, 9.17) is 16.3 Å². The highest BCUT2D eigenvalue weighted by Gasteiger charge is 2.38. The van der Waals surface area contributed by atoms with Crippen LogP contribution in [0.3, 0.4) is 0 Å². The number of halogens is 2. The van der Waals surface area contributed by atoms with Crippen LogP contribution in [-0.2, 0) is 11.2 Å². The molecule has 1 aliphatic heterocycles. The highest BCUT2D eigenvalue weighted by Crippen LogP contribution is 2.35. The summed E-state index contributed by atoms with van der Waals surface area (Å²) in [6, 6.07) is 14.6. The summed E-state index contributed by atoms with van der Waals surface area (Å²) < 4.78 is 19.7. The lowest BCUT2D eigenvalue weighted by atomic mass is 10.0. The number of ether oxygens (including phenoxy) is 1. The van der Waals surface area contributed by atoms with Gasteiger partial charge in [-0.15, -0.1) is 11.3 Å². The number of nitrogens with zero attached hydrogens (tertiary/aromatic N) is 2. The minimum atomic E-state index is -0.464. The molecule has 1 aromatic heterocycles. The Morgan fingerprint density at radius 2 is 1.94 bits per heavy atom. The molecule has 2 heterocycles. The van der Waals surface area contributed by atoms with Crippen molar-refractivity contribution in [2.75, 3.05) is 19.7 Å². The van der Waals surface area contributed by atoms with Gasteiger partial charge in [0.05, 0.1) is 6.04 Å². The van der Waals surface area contributed by atoms with E-state index in [0.29, 0.717) is 23.9 Å². The van der Waals surface area contributed by atoms with Crippen molar-refractivity contribution in [2.45, 2.75) is 31.3 Å². The standard InChI is InChI=1S/C26H24ClFN2O3S/c27-18-4-8-21(9-5-18)33-16-23-22-11-13-34-24(22)10-12-29(23)25(31)15-30(20-6-7-20)26(32)17-2-1-3-19(28)14-17/h1-5,8-9,11,13-14,20,23H,6-7,10,12,15-16H2/t23-/m1/s1. The Labute approximate surface area is 206 Å². The van der Waals surface area contributed by atoms with E-state index >= 15 is 0 Å². The first-order valence-corrected chi connectivity index (χ1v) is 12.6. The van der Waals surface area contributed by atoms with Crippen molar-refractivity contribution in [3.8, 4) is 5.75 Å². The molecule has 2 aromatic carbocycles. The normalized spacial score (nSPS) is 17.2. The third-order valence-electron chi connectivity index (χ3n) is 6.26. The highest BCUT2D eigenvalue weighted by molar-refractivity contribution is 7.10. The van der Waals surface area contributed by atoms with Gasteiger partial charge in [0.2, 0.25) is 5.91 Å². The number of carbonyl (C=O) groups excluding carboxylic acids is 2. The molecule has 0 unspecified atom stereocenters. The summed E-state index contributed by atoms with van der Waals surface area (Å²) in [5.41, 5.74) is 1.36. The van der Waals surface area contributed by atoms with Gasteiger partial charge in [-0.05, 0) is 78.7 Å². The summed E-state index contributed by atoms with van der Waals surface area (Å²) in [4.78, 5) is 31.3. The zero-order chi connectivity index (χ0) is 23.7. The van der Waals surface area contributed by atoms with Gasteiger partial charge >= 0.3 is 0 Å². The molecule has 0 spiro atoms. The fourth-order valence-electron chi connectivity index (χ4n) is 4.36. The molecule has 8 heteroatoms. The summed E-state index contributed by atoms with van der Waals surface area (Å²) in [7, 11) is 0. The molecule has 0 saturated heterocycles. The van der Waals surface area contributed by atoms with Gasteiger partial charge in [0.15, 0.2) is 0 Å². The van der Waals surface area contributed by atoms with Crippen molar-refractivity contribution in [3.05, 3.63) is 86.8 Å². The smallest absolute Gasteiger partial charge is 0.254 e. The molecule has 2 amide bonds. The first-order chi connectivity index (χ1) is 16.5. The van der Waals surface area contributed by atoms with Gasteiger partial charge in [0.1, 0.15) is 24.7 Å². The third-order valence-corrected chi connectivity index (χ3v) is 7.51. The molecule has 176 valence electrons. The van der Waals surface area contributed by atoms with Crippen LogP contribution in [0.2, 0.25) is 5.02 Å². The molecule has 5 rings (SSSR count). The van der Waals surface area contributed by atoms with E-state index in [2.05, 4.69) is 0 Å². The SMILES string of the molecule is O=C(c1cccc(F)c1)N(CC(=O)N1CCc2sccc2[C@H]1COc1ccc(Cl)cc1)C1CC1. The van der Waals surface area contributed by atoms with Crippen LogP contribution in [0.25, 0.3) is 0 Å². The van der Waals surface area contributed by atoms with E-state index in [1.165, 1.54) is 23.1 Å². The maximum atomic E-state index is 13.7. The van der Waals surface area contributed by atoms with E-state index < -0.39 is 5.82 Å². The molecule has 0 N–H and O–H groups in total. The molecular formula is C26H24ClFN2O3S. The fourth-order valence-corrected chi connectivity index (χ4v) is 5.41. The van der Waals surface area contributed by atoms with Gasteiger partial charge in [0, 0.05) is 28.0 Å². The van der Waals surface area contributed by atoms with Crippen LogP contribution >= 0.6 is 22.9 Å². The first-order valence-electron chi connectivity index (χ1n) is 11.3. The van der Waals surface area contributed by atoms with E-state index in [9.17, 15) is 14.0 Å². The topological polar surface area (TPSA) is 49.9 Å².